The van der Waals surface area contributed by atoms with Crippen molar-refractivity contribution in [2.24, 2.45) is 11.7 Å². The molecule has 0 bridgehead atoms. The smallest absolute Gasteiger partial charge is 0.260 e. The minimum atomic E-state index is -0.0528. The normalized spacial score (nSPS) is 19.9. The highest BCUT2D eigenvalue weighted by molar-refractivity contribution is 6.42. The molecular formula is C19H20Cl2N2O2. The third-order valence-corrected chi connectivity index (χ3v) is 5.32. The predicted molar refractivity (Wildman–Crippen MR) is 100 cm³/mol. The number of carbonyl (C=O) groups excluding carboxylic acids is 1. The van der Waals surface area contributed by atoms with Gasteiger partial charge in [-0.2, -0.15) is 0 Å². The Hall–Kier alpha value is -1.75. The van der Waals surface area contributed by atoms with Gasteiger partial charge in [0.05, 0.1) is 10.0 Å². The molecule has 0 spiro atoms. The fourth-order valence-corrected chi connectivity index (χ4v) is 3.48. The SMILES string of the molecule is NC[C@@H]1CN(C(=O)COc2ccc(Cl)c(Cl)c2)C[C@H]1c1ccccc1. The van der Waals surface area contributed by atoms with Gasteiger partial charge >= 0.3 is 0 Å². The number of rotatable bonds is 5. The van der Waals surface area contributed by atoms with Crippen LogP contribution in [0.25, 0.3) is 0 Å². The lowest BCUT2D eigenvalue weighted by Gasteiger charge is -2.17. The van der Waals surface area contributed by atoms with Crippen LogP contribution in [0.4, 0.5) is 0 Å². The first-order valence-corrected chi connectivity index (χ1v) is 8.94. The molecule has 0 aromatic heterocycles. The van der Waals surface area contributed by atoms with Crippen molar-refractivity contribution in [2.45, 2.75) is 5.92 Å². The summed E-state index contributed by atoms with van der Waals surface area (Å²) in [6.45, 7) is 1.84. The van der Waals surface area contributed by atoms with E-state index < -0.39 is 0 Å². The number of hydrogen-bond acceptors (Lipinski definition) is 3. The van der Waals surface area contributed by atoms with Crippen LogP contribution in [0, 0.1) is 5.92 Å². The topological polar surface area (TPSA) is 55.6 Å². The van der Waals surface area contributed by atoms with Crippen molar-refractivity contribution < 1.29 is 9.53 Å². The number of benzene rings is 2. The van der Waals surface area contributed by atoms with Gasteiger partial charge in [-0.25, -0.2) is 0 Å². The summed E-state index contributed by atoms with van der Waals surface area (Å²) in [5.74, 6) is 0.997. The largest absolute Gasteiger partial charge is 0.484 e. The third-order valence-electron chi connectivity index (χ3n) is 4.58. The Morgan fingerprint density at radius 1 is 1.12 bits per heavy atom. The van der Waals surface area contributed by atoms with E-state index in [9.17, 15) is 4.79 Å². The molecule has 1 fully saturated rings. The summed E-state index contributed by atoms with van der Waals surface area (Å²) < 4.78 is 5.56. The number of carbonyl (C=O) groups is 1. The molecule has 2 atom stereocenters. The van der Waals surface area contributed by atoms with E-state index >= 15 is 0 Å². The second-order valence-corrected chi connectivity index (χ2v) is 6.99. The van der Waals surface area contributed by atoms with Gasteiger partial charge in [-0.15, -0.1) is 0 Å². The Morgan fingerprint density at radius 2 is 1.88 bits per heavy atom. The highest BCUT2D eigenvalue weighted by Gasteiger charge is 2.35. The lowest BCUT2D eigenvalue weighted by molar-refractivity contribution is -0.132. The van der Waals surface area contributed by atoms with Crippen LogP contribution in [0.5, 0.6) is 5.75 Å². The van der Waals surface area contributed by atoms with Crippen LogP contribution in [0.3, 0.4) is 0 Å². The van der Waals surface area contributed by atoms with E-state index in [4.69, 9.17) is 33.7 Å². The van der Waals surface area contributed by atoms with Crippen molar-refractivity contribution in [1.82, 2.24) is 4.90 Å². The molecule has 0 unspecified atom stereocenters. The van der Waals surface area contributed by atoms with Gasteiger partial charge in [0.1, 0.15) is 5.75 Å². The molecule has 4 nitrogen and oxygen atoms in total. The standard InChI is InChI=1S/C19H20Cl2N2O2/c20-17-7-6-15(8-18(17)21)25-12-19(24)23-10-14(9-22)16(11-23)13-4-2-1-3-5-13/h1-8,14,16H,9-12,22H2/t14-,16+/m1/s1. The summed E-state index contributed by atoms with van der Waals surface area (Å²) in [6.07, 6.45) is 0. The van der Waals surface area contributed by atoms with Crippen LogP contribution < -0.4 is 10.5 Å². The summed E-state index contributed by atoms with van der Waals surface area (Å²) >= 11 is 11.8. The van der Waals surface area contributed by atoms with E-state index in [1.165, 1.54) is 5.56 Å². The average Bonchev–Trinajstić information content (AvgIpc) is 3.08. The number of ether oxygens (including phenoxy) is 1. The lowest BCUT2D eigenvalue weighted by Crippen LogP contribution is -2.33. The summed E-state index contributed by atoms with van der Waals surface area (Å²) in [5.41, 5.74) is 7.14. The lowest BCUT2D eigenvalue weighted by atomic mass is 9.89. The number of amides is 1. The number of nitrogens with two attached hydrogens (primary N) is 1. The Balaban J connectivity index is 1.61. The maximum Gasteiger partial charge on any atom is 0.260 e. The second kappa shape index (κ2) is 8.09. The first-order valence-electron chi connectivity index (χ1n) is 8.19. The molecule has 1 heterocycles. The fourth-order valence-electron chi connectivity index (χ4n) is 3.19. The minimum absolute atomic E-state index is 0.0310. The molecule has 1 aliphatic heterocycles. The fraction of sp³-hybridized carbons (Fsp3) is 0.316. The van der Waals surface area contributed by atoms with E-state index in [2.05, 4.69) is 12.1 Å². The van der Waals surface area contributed by atoms with Crippen LogP contribution in [0.2, 0.25) is 10.0 Å². The molecule has 1 amide bonds. The van der Waals surface area contributed by atoms with Gasteiger partial charge in [-0.3, -0.25) is 4.79 Å². The van der Waals surface area contributed by atoms with Crippen molar-refractivity contribution in [3.8, 4) is 5.75 Å². The highest BCUT2D eigenvalue weighted by Crippen LogP contribution is 2.32. The van der Waals surface area contributed by atoms with Crippen LogP contribution in [-0.2, 0) is 4.79 Å². The molecule has 3 rings (SSSR count). The quantitative estimate of drug-likeness (QED) is 0.864. The van der Waals surface area contributed by atoms with Crippen molar-refractivity contribution in [1.29, 1.82) is 0 Å². The summed E-state index contributed by atoms with van der Waals surface area (Å²) in [6, 6.07) is 15.2. The molecule has 2 aromatic rings. The molecule has 0 aliphatic carbocycles. The molecule has 132 valence electrons. The minimum Gasteiger partial charge on any atom is -0.484 e. The monoisotopic (exact) mass is 378 g/mol. The van der Waals surface area contributed by atoms with E-state index in [0.29, 0.717) is 35.4 Å². The van der Waals surface area contributed by atoms with Gasteiger partial charge in [-0.1, -0.05) is 53.5 Å². The first kappa shape index (κ1) is 18.1. The van der Waals surface area contributed by atoms with E-state index in [-0.39, 0.29) is 24.3 Å². The Kier molecular flexibility index (Phi) is 5.84. The van der Waals surface area contributed by atoms with Crippen molar-refractivity contribution in [2.75, 3.05) is 26.2 Å². The van der Waals surface area contributed by atoms with Crippen LogP contribution in [0.15, 0.2) is 48.5 Å². The number of hydrogen-bond donors (Lipinski definition) is 1. The predicted octanol–water partition coefficient (Wildman–Crippen LogP) is 3.57. The maximum absolute atomic E-state index is 12.5. The van der Waals surface area contributed by atoms with Crippen molar-refractivity contribution >= 4 is 29.1 Å². The zero-order valence-electron chi connectivity index (χ0n) is 13.7. The highest BCUT2D eigenvalue weighted by atomic mass is 35.5. The van der Waals surface area contributed by atoms with E-state index in [1.807, 2.05) is 23.1 Å². The van der Waals surface area contributed by atoms with Crippen LogP contribution in [0.1, 0.15) is 11.5 Å². The van der Waals surface area contributed by atoms with Gasteiger partial charge in [0.2, 0.25) is 0 Å². The summed E-state index contributed by atoms with van der Waals surface area (Å²) in [4.78, 5) is 14.3. The van der Waals surface area contributed by atoms with Crippen LogP contribution in [-0.4, -0.2) is 37.0 Å². The molecule has 6 heteroatoms. The molecule has 25 heavy (non-hydrogen) atoms. The number of halogens is 2. The number of nitrogens with zero attached hydrogens (tertiary/aromatic N) is 1. The molecule has 0 radical (unpaired) electrons. The first-order chi connectivity index (χ1) is 12.1. The van der Waals surface area contributed by atoms with Crippen molar-refractivity contribution in [3.05, 3.63) is 64.1 Å². The molecule has 2 aromatic carbocycles. The average molecular weight is 379 g/mol. The Morgan fingerprint density at radius 3 is 2.56 bits per heavy atom. The van der Waals surface area contributed by atoms with Gasteiger partial charge in [0.15, 0.2) is 6.61 Å². The summed E-state index contributed by atoms with van der Waals surface area (Å²) in [5, 5.41) is 0.858. The van der Waals surface area contributed by atoms with Gasteiger partial charge in [-0.05, 0) is 30.2 Å². The second-order valence-electron chi connectivity index (χ2n) is 6.18. The maximum atomic E-state index is 12.5. The summed E-state index contributed by atoms with van der Waals surface area (Å²) in [7, 11) is 0. The third kappa shape index (κ3) is 4.27. The van der Waals surface area contributed by atoms with E-state index in [0.717, 1.165) is 0 Å². The molecule has 2 N–H and O–H groups in total. The molecule has 0 saturated carbocycles. The van der Waals surface area contributed by atoms with E-state index in [1.54, 1.807) is 18.2 Å². The number of likely N-dealkylation sites (tertiary alicyclic amines) is 1. The zero-order chi connectivity index (χ0) is 17.8. The van der Waals surface area contributed by atoms with Crippen molar-refractivity contribution in [3.63, 3.8) is 0 Å². The Bertz CT molecular complexity index is 739. The van der Waals surface area contributed by atoms with Gasteiger partial charge < -0.3 is 15.4 Å². The van der Waals surface area contributed by atoms with Gasteiger partial charge in [0.25, 0.3) is 5.91 Å². The van der Waals surface area contributed by atoms with Gasteiger partial charge in [0, 0.05) is 25.1 Å². The Labute approximate surface area is 157 Å². The van der Waals surface area contributed by atoms with Crippen LogP contribution >= 0.6 is 23.2 Å². The zero-order valence-corrected chi connectivity index (χ0v) is 15.2. The molecular weight excluding hydrogens is 359 g/mol. The molecule has 1 saturated heterocycles. The molecule has 1 aliphatic rings.